The summed E-state index contributed by atoms with van der Waals surface area (Å²) < 4.78 is 5.20. The summed E-state index contributed by atoms with van der Waals surface area (Å²) in [5.41, 5.74) is -0.608. The number of hydrogen-bond acceptors (Lipinski definition) is 3. The molecular weight excluding hydrogens is 180 g/mol. The Bertz CT molecular complexity index is 189. The summed E-state index contributed by atoms with van der Waals surface area (Å²) in [5.74, 6) is -0.198. The molecule has 0 saturated heterocycles. The average Bonchev–Trinajstić information content (AvgIpc) is 1.78. The summed E-state index contributed by atoms with van der Waals surface area (Å²) in [5, 5.41) is 8.80. The van der Waals surface area contributed by atoms with Crippen molar-refractivity contribution in [3.63, 3.8) is 0 Å². The van der Waals surface area contributed by atoms with E-state index in [-0.39, 0.29) is 18.0 Å². The Morgan fingerprint density at radius 1 is 1.21 bits per heavy atom. The summed E-state index contributed by atoms with van der Waals surface area (Å²) in [6.07, 6.45) is 0.969. The van der Waals surface area contributed by atoms with Gasteiger partial charge in [-0.15, -0.1) is 0 Å². The molecule has 0 rings (SSSR count). The molecule has 3 heteroatoms. The molecule has 3 nitrogen and oxygen atoms in total. The van der Waals surface area contributed by atoms with E-state index in [4.69, 9.17) is 9.84 Å². The van der Waals surface area contributed by atoms with Gasteiger partial charge in [0.15, 0.2) is 0 Å². The maximum absolute atomic E-state index is 11.4. The van der Waals surface area contributed by atoms with Gasteiger partial charge in [-0.25, -0.2) is 0 Å². The van der Waals surface area contributed by atoms with E-state index in [9.17, 15) is 4.79 Å². The van der Waals surface area contributed by atoms with Gasteiger partial charge in [-0.3, -0.25) is 4.79 Å². The molecule has 0 spiro atoms. The lowest BCUT2D eigenvalue weighted by Crippen LogP contribution is -2.28. The van der Waals surface area contributed by atoms with E-state index in [1.54, 1.807) is 0 Å². The van der Waals surface area contributed by atoms with Gasteiger partial charge in [0.1, 0.15) is 5.60 Å². The molecule has 0 amide bonds. The van der Waals surface area contributed by atoms with Crippen molar-refractivity contribution < 1.29 is 14.6 Å². The van der Waals surface area contributed by atoms with Crippen LogP contribution in [0.15, 0.2) is 0 Å². The van der Waals surface area contributed by atoms with Gasteiger partial charge in [0.05, 0.1) is 6.42 Å². The lowest BCUT2D eigenvalue weighted by Gasteiger charge is -2.25. The molecule has 0 aromatic carbocycles. The second-order valence-corrected chi connectivity index (χ2v) is 5.40. The van der Waals surface area contributed by atoms with E-state index in [1.165, 1.54) is 0 Å². The van der Waals surface area contributed by atoms with Crippen LogP contribution < -0.4 is 0 Å². The predicted molar refractivity (Wildman–Crippen MR) is 55.9 cm³/mol. The summed E-state index contributed by atoms with van der Waals surface area (Å²) in [6, 6.07) is 0. The monoisotopic (exact) mass is 202 g/mol. The number of carbonyl (C=O) groups excluding carboxylic acids is 1. The van der Waals surface area contributed by atoms with Crippen molar-refractivity contribution in [3.8, 4) is 0 Å². The van der Waals surface area contributed by atoms with Crippen molar-refractivity contribution >= 4 is 5.97 Å². The van der Waals surface area contributed by atoms with E-state index < -0.39 is 5.60 Å². The van der Waals surface area contributed by atoms with Gasteiger partial charge in [-0.2, -0.15) is 0 Å². The SMILES string of the molecule is CC(C)(CCO)CC(=O)OC(C)(C)C. The molecule has 0 radical (unpaired) electrons. The second-order valence-electron chi connectivity index (χ2n) is 5.40. The molecule has 0 aliphatic heterocycles. The Balaban J connectivity index is 4.06. The van der Waals surface area contributed by atoms with E-state index in [1.807, 2.05) is 34.6 Å². The molecule has 1 N–H and O–H groups in total. The highest BCUT2D eigenvalue weighted by Gasteiger charge is 2.25. The maximum atomic E-state index is 11.4. The number of ether oxygens (including phenoxy) is 1. The van der Waals surface area contributed by atoms with Gasteiger partial charge in [-0.1, -0.05) is 13.8 Å². The number of rotatable bonds is 4. The normalized spacial score (nSPS) is 12.7. The Labute approximate surface area is 86.5 Å². The molecule has 0 bridgehead atoms. The van der Waals surface area contributed by atoms with Crippen molar-refractivity contribution in [3.05, 3.63) is 0 Å². The van der Waals surface area contributed by atoms with Crippen molar-refractivity contribution in [2.45, 2.75) is 53.1 Å². The highest BCUT2D eigenvalue weighted by molar-refractivity contribution is 5.70. The third-order valence-electron chi connectivity index (χ3n) is 1.83. The molecule has 0 saturated carbocycles. The first-order valence-electron chi connectivity index (χ1n) is 4.99. The van der Waals surface area contributed by atoms with Crippen LogP contribution in [-0.4, -0.2) is 23.3 Å². The van der Waals surface area contributed by atoms with E-state index >= 15 is 0 Å². The Hall–Kier alpha value is -0.570. The lowest BCUT2D eigenvalue weighted by molar-refractivity contribution is -0.157. The molecule has 0 aliphatic carbocycles. The minimum Gasteiger partial charge on any atom is -0.460 e. The summed E-state index contributed by atoms with van der Waals surface area (Å²) in [6.45, 7) is 9.56. The van der Waals surface area contributed by atoms with Gasteiger partial charge in [0.25, 0.3) is 0 Å². The molecule has 0 unspecified atom stereocenters. The van der Waals surface area contributed by atoms with Crippen LogP contribution in [0.2, 0.25) is 0 Å². The first kappa shape index (κ1) is 13.4. The van der Waals surface area contributed by atoms with Gasteiger partial charge in [0, 0.05) is 6.61 Å². The topological polar surface area (TPSA) is 46.5 Å². The number of aliphatic hydroxyl groups excluding tert-OH is 1. The van der Waals surface area contributed by atoms with Gasteiger partial charge in [-0.05, 0) is 32.6 Å². The Morgan fingerprint density at radius 3 is 2.07 bits per heavy atom. The fraction of sp³-hybridized carbons (Fsp3) is 0.909. The summed E-state index contributed by atoms with van der Waals surface area (Å²) >= 11 is 0. The van der Waals surface area contributed by atoms with Crippen LogP contribution in [0.3, 0.4) is 0 Å². The number of hydrogen-bond donors (Lipinski definition) is 1. The number of esters is 1. The largest absolute Gasteiger partial charge is 0.460 e. The molecule has 14 heavy (non-hydrogen) atoms. The smallest absolute Gasteiger partial charge is 0.306 e. The van der Waals surface area contributed by atoms with Crippen LogP contribution in [0.4, 0.5) is 0 Å². The molecular formula is C11H22O3. The van der Waals surface area contributed by atoms with E-state index in [0.29, 0.717) is 12.8 Å². The van der Waals surface area contributed by atoms with Crippen molar-refractivity contribution in [1.29, 1.82) is 0 Å². The lowest BCUT2D eigenvalue weighted by atomic mass is 9.86. The maximum Gasteiger partial charge on any atom is 0.306 e. The molecule has 0 aromatic heterocycles. The molecule has 0 aromatic rings. The van der Waals surface area contributed by atoms with Crippen LogP contribution in [-0.2, 0) is 9.53 Å². The zero-order valence-electron chi connectivity index (χ0n) is 9.89. The summed E-state index contributed by atoms with van der Waals surface area (Å²) in [4.78, 5) is 11.4. The second kappa shape index (κ2) is 4.78. The zero-order chi connectivity index (χ0) is 11.4. The third-order valence-corrected chi connectivity index (χ3v) is 1.83. The van der Waals surface area contributed by atoms with Crippen LogP contribution >= 0.6 is 0 Å². The average molecular weight is 202 g/mol. The minimum atomic E-state index is -0.424. The molecule has 84 valence electrons. The first-order chi connectivity index (χ1) is 6.16. The summed E-state index contributed by atoms with van der Waals surface area (Å²) in [7, 11) is 0. The molecule has 0 heterocycles. The number of aliphatic hydroxyl groups is 1. The van der Waals surface area contributed by atoms with Gasteiger partial charge >= 0.3 is 5.97 Å². The zero-order valence-corrected chi connectivity index (χ0v) is 9.89. The Morgan fingerprint density at radius 2 is 1.71 bits per heavy atom. The van der Waals surface area contributed by atoms with Gasteiger partial charge in [0.2, 0.25) is 0 Å². The van der Waals surface area contributed by atoms with E-state index in [0.717, 1.165) is 0 Å². The highest BCUT2D eigenvalue weighted by Crippen LogP contribution is 2.26. The molecule has 0 atom stereocenters. The van der Waals surface area contributed by atoms with Crippen LogP contribution in [0.5, 0.6) is 0 Å². The Kier molecular flexibility index (Phi) is 4.59. The fourth-order valence-electron chi connectivity index (χ4n) is 1.16. The predicted octanol–water partition coefficient (Wildman–Crippen LogP) is 2.13. The minimum absolute atomic E-state index is 0.107. The molecule has 0 fully saturated rings. The van der Waals surface area contributed by atoms with E-state index in [2.05, 4.69) is 0 Å². The highest BCUT2D eigenvalue weighted by atomic mass is 16.6. The van der Waals surface area contributed by atoms with Crippen molar-refractivity contribution in [2.75, 3.05) is 6.61 Å². The first-order valence-corrected chi connectivity index (χ1v) is 4.99. The van der Waals surface area contributed by atoms with Crippen molar-refractivity contribution in [2.24, 2.45) is 5.41 Å². The molecule has 0 aliphatic rings. The standard InChI is InChI=1S/C11H22O3/c1-10(2,3)14-9(13)8-11(4,5)6-7-12/h12H,6-8H2,1-5H3. The quantitative estimate of drug-likeness (QED) is 0.710. The number of carbonyl (C=O) groups is 1. The third kappa shape index (κ3) is 6.89. The fourth-order valence-corrected chi connectivity index (χ4v) is 1.16. The van der Waals surface area contributed by atoms with Crippen LogP contribution in [0.1, 0.15) is 47.5 Å². The van der Waals surface area contributed by atoms with Gasteiger partial charge < -0.3 is 9.84 Å². The van der Waals surface area contributed by atoms with Crippen molar-refractivity contribution in [1.82, 2.24) is 0 Å². The van der Waals surface area contributed by atoms with Crippen LogP contribution in [0, 0.1) is 5.41 Å². The van der Waals surface area contributed by atoms with Crippen LogP contribution in [0.25, 0.3) is 0 Å².